The molecule has 0 rings (SSSR count). The van der Waals surface area contributed by atoms with E-state index in [2.05, 4.69) is 90.2 Å². The van der Waals surface area contributed by atoms with Crippen molar-refractivity contribution in [3.63, 3.8) is 0 Å². The number of hydrogen-bond donors (Lipinski definition) is 2. The molecule has 0 aromatic carbocycles. The Morgan fingerprint density at radius 2 is 0.615 bits per heavy atom. The van der Waals surface area contributed by atoms with Crippen LogP contribution < -0.4 is 10.6 Å². The molecule has 0 saturated carbocycles. The van der Waals surface area contributed by atoms with Crippen LogP contribution in [0, 0.1) is 11.8 Å². The van der Waals surface area contributed by atoms with Crippen LogP contribution in [0.2, 0.25) is 0 Å². The van der Waals surface area contributed by atoms with Crippen LogP contribution in [0.5, 0.6) is 0 Å². The highest BCUT2D eigenvalue weighted by molar-refractivity contribution is 5.88. The fraction of sp³-hybridized carbons (Fsp3) is 0.927. The van der Waals surface area contributed by atoms with Crippen LogP contribution >= 0.6 is 0 Å². The number of nitrogens with one attached hydrogen (secondary N) is 2. The summed E-state index contributed by atoms with van der Waals surface area (Å²) < 4.78 is 0. The smallest absolute Gasteiger partial charge is 0.243 e. The molecule has 0 spiro atoms. The second-order valence-electron chi connectivity index (χ2n) is 20.8. The summed E-state index contributed by atoms with van der Waals surface area (Å²) in [4.78, 5) is 62.7. The lowest BCUT2D eigenvalue weighted by atomic mass is 9.99. The van der Waals surface area contributed by atoms with E-state index < -0.39 is 12.1 Å². The van der Waals surface area contributed by atoms with Gasteiger partial charge < -0.3 is 30.2 Å². The van der Waals surface area contributed by atoms with E-state index in [1.54, 1.807) is 0 Å². The first-order chi connectivity index (χ1) is 31.3. The fourth-order valence-electron chi connectivity index (χ4n) is 9.14. The standard InChI is InChI=1S/C55H110N6O4/c1-11-13-15-17-19-21-23-25-27-30-34-40-50(62)60(46-38-44-58(7)8)52(48(3)4)54(64)56-42-36-32-29-33-37-43-57-55(65)53(49(5)6)61(47-39-45-59(9)10)51(63)41-35-31-28-26-24-22-20-18-16-14-12-2/h48-49,52-53H,11-47H2,1-10H3,(H,56,64)(H,57,65). The van der Waals surface area contributed by atoms with Gasteiger partial charge >= 0.3 is 0 Å². The van der Waals surface area contributed by atoms with Gasteiger partial charge in [-0.05, 0) is 91.6 Å². The molecular formula is C55H110N6O4. The van der Waals surface area contributed by atoms with Crippen molar-refractivity contribution >= 4 is 23.6 Å². The summed E-state index contributed by atoms with van der Waals surface area (Å²) in [6, 6.07) is -0.918. The molecule has 0 saturated heterocycles. The molecule has 10 nitrogen and oxygen atoms in total. The van der Waals surface area contributed by atoms with Gasteiger partial charge in [0.15, 0.2) is 0 Å². The molecule has 0 bridgehead atoms. The number of rotatable bonds is 46. The number of carbonyl (C=O) groups is 4. The monoisotopic (exact) mass is 919 g/mol. The van der Waals surface area contributed by atoms with Crippen molar-refractivity contribution in [2.24, 2.45) is 11.8 Å². The summed E-state index contributed by atoms with van der Waals surface area (Å²) in [6.07, 6.45) is 35.0. The lowest BCUT2D eigenvalue weighted by Crippen LogP contribution is -2.53. The van der Waals surface area contributed by atoms with Gasteiger partial charge in [0.1, 0.15) is 12.1 Å². The minimum absolute atomic E-state index is 0.0266. The minimum atomic E-state index is -0.459. The van der Waals surface area contributed by atoms with E-state index in [9.17, 15) is 19.2 Å². The van der Waals surface area contributed by atoms with E-state index in [4.69, 9.17) is 0 Å². The topological polar surface area (TPSA) is 105 Å². The summed E-state index contributed by atoms with van der Waals surface area (Å²) in [5.74, 6) is 0.213. The summed E-state index contributed by atoms with van der Waals surface area (Å²) in [5.41, 5.74) is 0. The van der Waals surface area contributed by atoms with E-state index in [1.807, 2.05) is 9.80 Å². The van der Waals surface area contributed by atoms with Crippen LogP contribution in [0.3, 0.4) is 0 Å². The Balaban J connectivity index is 4.86. The Labute approximate surface area is 403 Å². The second kappa shape index (κ2) is 43.1. The molecule has 0 aromatic heterocycles. The Morgan fingerprint density at radius 1 is 0.354 bits per heavy atom. The molecule has 0 radical (unpaired) electrons. The van der Waals surface area contributed by atoms with Crippen molar-refractivity contribution in [3.05, 3.63) is 0 Å². The van der Waals surface area contributed by atoms with Gasteiger partial charge in [-0.2, -0.15) is 0 Å². The van der Waals surface area contributed by atoms with Crippen molar-refractivity contribution < 1.29 is 19.2 Å². The van der Waals surface area contributed by atoms with Crippen molar-refractivity contribution in [2.75, 3.05) is 67.5 Å². The van der Waals surface area contributed by atoms with Crippen LogP contribution in [-0.4, -0.2) is 123 Å². The number of hydrogen-bond acceptors (Lipinski definition) is 6. The fourth-order valence-corrected chi connectivity index (χ4v) is 9.14. The highest BCUT2D eigenvalue weighted by Gasteiger charge is 2.33. The number of carbonyl (C=O) groups excluding carboxylic acids is 4. The lowest BCUT2D eigenvalue weighted by molar-refractivity contribution is -0.142. The van der Waals surface area contributed by atoms with Gasteiger partial charge in [0.2, 0.25) is 23.6 Å². The first-order valence-corrected chi connectivity index (χ1v) is 27.7. The molecule has 2 atom stereocenters. The third kappa shape index (κ3) is 34.7. The zero-order valence-electron chi connectivity index (χ0n) is 44.9. The maximum Gasteiger partial charge on any atom is 0.243 e. The Bertz CT molecular complexity index is 1060. The van der Waals surface area contributed by atoms with Crippen LogP contribution in [0.25, 0.3) is 0 Å². The van der Waals surface area contributed by atoms with Crippen LogP contribution in [0.4, 0.5) is 0 Å². The highest BCUT2D eigenvalue weighted by atomic mass is 16.2. The van der Waals surface area contributed by atoms with E-state index >= 15 is 0 Å². The van der Waals surface area contributed by atoms with Crippen LogP contribution in [0.1, 0.15) is 241 Å². The van der Waals surface area contributed by atoms with Crippen molar-refractivity contribution in [1.29, 1.82) is 0 Å². The summed E-state index contributed by atoms with van der Waals surface area (Å²) >= 11 is 0. The zero-order chi connectivity index (χ0) is 48.5. The number of nitrogens with zero attached hydrogens (tertiary/aromatic N) is 4. The van der Waals surface area contributed by atoms with E-state index in [-0.39, 0.29) is 35.5 Å². The third-order valence-corrected chi connectivity index (χ3v) is 13.1. The molecule has 0 aliphatic rings. The van der Waals surface area contributed by atoms with Crippen LogP contribution in [-0.2, 0) is 19.2 Å². The van der Waals surface area contributed by atoms with Crippen molar-refractivity contribution in [2.45, 2.75) is 253 Å². The maximum atomic E-state index is 13.7. The molecule has 2 N–H and O–H groups in total. The van der Waals surface area contributed by atoms with Gasteiger partial charge in [-0.25, -0.2) is 0 Å². The molecule has 0 aliphatic carbocycles. The maximum absolute atomic E-state index is 13.7. The highest BCUT2D eigenvalue weighted by Crippen LogP contribution is 2.19. The molecule has 4 amide bonds. The average Bonchev–Trinajstić information content (AvgIpc) is 3.25. The second-order valence-corrected chi connectivity index (χ2v) is 20.8. The Morgan fingerprint density at radius 3 is 0.877 bits per heavy atom. The predicted octanol–water partition coefficient (Wildman–Crippen LogP) is 12.2. The molecule has 0 aliphatic heterocycles. The number of unbranched alkanes of at least 4 members (excludes halogenated alkanes) is 24. The summed E-state index contributed by atoms with van der Waals surface area (Å²) in [6.45, 7) is 16.9. The number of amides is 4. The summed E-state index contributed by atoms with van der Waals surface area (Å²) in [5, 5.41) is 6.38. The van der Waals surface area contributed by atoms with Gasteiger partial charge in [-0.3, -0.25) is 19.2 Å². The SMILES string of the molecule is CCCCCCCCCCCCCC(=O)N(CCCN(C)C)C(C(=O)NCCCCCCCNC(=O)C(C(C)C)N(CCCN(C)C)C(=O)CCCCCCCCCCCCC)C(C)C. The average molecular weight is 920 g/mol. The molecule has 0 aromatic rings. The zero-order valence-corrected chi connectivity index (χ0v) is 44.9. The van der Waals surface area contributed by atoms with Crippen molar-refractivity contribution in [1.82, 2.24) is 30.2 Å². The largest absolute Gasteiger partial charge is 0.354 e. The molecule has 0 fully saturated rings. The van der Waals surface area contributed by atoms with Gasteiger partial charge in [-0.15, -0.1) is 0 Å². The Hall–Kier alpha value is -2.20. The van der Waals surface area contributed by atoms with Crippen molar-refractivity contribution in [3.8, 4) is 0 Å². The van der Waals surface area contributed by atoms with Crippen LogP contribution in [0.15, 0.2) is 0 Å². The first kappa shape index (κ1) is 62.8. The lowest BCUT2D eigenvalue weighted by Gasteiger charge is -2.34. The van der Waals surface area contributed by atoms with Gasteiger partial charge in [0.05, 0.1) is 0 Å². The molecule has 0 heterocycles. The third-order valence-electron chi connectivity index (χ3n) is 13.1. The predicted molar refractivity (Wildman–Crippen MR) is 278 cm³/mol. The molecule has 65 heavy (non-hydrogen) atoms. The molecular weight excluding hydrogens is 809 g/mol. The molecule has 10 heteroatoms. The quantitative estimate of drug-likeness (QED) is 0.0589. The van der Waals surface area contributed by atoms with E-state index in [0.717, 1.165) is 83.7 Å². The van der Waals surface area contributed by atoms with E-state index in [0.29, 0.717) is 39.0 Å². The van der Waals surface area contributed by atoms with E-state index in [1.165, 1.54) is 116 Å². The van der Waals surface area contributed by atoms with Gasteiger partial charge in [-0.1, -0.05) is 189 Å². The normalized spacial score (nSPS) is 12.6. The Kier molecular flexibility index (Phi) is 41.6. The minimum Gasteiger partial charge on any atom is -0.354 e. The summed E-state index contributed by atoms with van der Waals surface area (Å²) in [7, 11) is 8.20. The molecule has 2 unspecified atom stereocenters. The first-order valence-electron chi connectivity index (χ1n) is 27.7. The van der Waals surface area contributed by atoms with Gasteiger partial charge in [0.25, 0.3) is 0 Å². The van der Waals surface area contributed by atoms with Gasteiger partial charge in [0, 0.05) is 39.0 Å². The molecule has 384 valence electrons.